The maximum atomic E-state index is 12.4. The first-order valence-corrected chi connectivity index (χ1v) is 6.52. The molecule has 1 aromatic carbocycles. The number of benzene rings is 1. The van der Waals surface area contributed by atoms with Gasteiger partial charge in [-0.1, -0.05) is 5.21 Å². The average molecular weight is 325 g/mol. The summed E-state index contributed by atoms with van der Waals surface area (Å²) in [6, 6.07) is 4.67. The third-order valence-electron chi connectivity index (χ3n) is 3.05. The molecule has 0 saturated carbocycles. The van der Waals surface area contributed by atoms with Gasteiger partial charge < -0.3 is 0 Å². The summed E-state index contributed by atoms with van der Waals surface area (Å²) in [5.74, 6) is -2.39. The van der Waals surface area contributed by atoms with Crippen LogP contribution in [-0.2, 0) is 12.7 Å². The Morgan fingerprint density at radius 1 is 1.39 bits per heavy atom. The maximum Gasteiger partial charge on any atom is 0.451 e. The highest BCUT2D eigenvalue weighted by atomic mass is 19.4. The molecule has 0 radical (unpaired) electrons. The van der Waals surface area contributed by atoms with Crippen molar-refractivity contribution in [2.24, 2.45) is 0 Å². The standard InChI is InChI=1S/C12H10F3N7O/c1-2-22-8-4-3-6(5-7(8)18-21-22)9(23)16-11-17-10(19-20-11)12(13,14)15/h3-5H,2H2,1H3,(H2,16,17,19,20,23). The van der Waals surface area contributed by atoms with Crippen molar-refractivity contribution in [1.29, 1.82) is 0 Å². The molecule has 0 saturated heterocycles. The number of nitrogens with one attached hydrogen (secondary N) is 2. The lowest BCUT2D eigenvalue weighted by molar-refractivity contribution is -0.144. The molecule has 2 heterocycles. The van der Waals surface area contributed by atoms with Gasteiger partial charge in [-0.2, -0.15) is 18.2 Å². The molecule has 1 amide bonds. The number of hydrogen-bond acceptors (Lipinski definition) is 5. The van der Waals surface area contributed by atoms with E-state index in [9.17, 15) is 18.0 Å². The van der Waals surface area contributed by atoms with E-state index in [1.54, 1.807) is 15.8 Å². The Balaban J connectivity index is 1.82. The minimum atomic E-state index is -4.66. The Morgan fingerprint density at radius 2 is 2.17 bits per heavy atom. The number of H-pyrrole nitrogens is 1. The number of carbonyl (C=O) groups excluding carboxylic acids is 1. The van der Waals surface area contributed by atoms with E-state index in [0.29, 0.717) is 12.1 Å². The number of amides is 1. The molecule has 2 N–H and O–H groups in total. The van der Waals surface area contributed by atoms with Crippen LogP contribution in [0, 0.1) is 0 Å². The Kier molecular flexibility index (Phi) is 3.47. The largest absolute Gasteiger partial charge is 0.451 e. The summed E-state index contributed by atoms with van der Waals surface area (Å²) >= 11 is 0. The monoisotopic (exact) mass is 325 g/mol. The molecule has 23 heavy (non-hydrogen) atoms. The summed E-state index contributed by atoms with van der Waals surface area (Å²) in [6.45, 7) is 2.52. The fourth-order valence-electron chi connectivity index (χ4n) is 1.97. The molecule has 3 aromatic rings. The summed E-state index contributed by atoms with van der Waals surface area (Å²) in [4.78, 5) is 15.2. The Bertz CT molecular complexity index is 867. The first kappa shape index (κ1) is 14.9. The van der Waals surface area contributed by atoms with Crippen LogP contribution in [0.15, 0.2) is 18.2 Å². The predicted octanol–water partition coefficient (Wildman–Crippen LogP) is 1.84. The van der Waals surface area contributed by atoms with E-state index in [0.717, 1.165) is 5.52 Å². The second-order valence-electron chi connectivity index (χ2n) is 4.57. The summed E-state index contributed by atoms with van der Waals surface area (Å²) in [5, 5.41) is 15.0. The van der Waals surface area contributed by atoms with Crippen LogP contribution in [0.1, 0.15) is 23.1 Å². The second-order valence-corrected chi connectivity index (χ2v) is 4.57. The van der Waals surface area contributed by atoms with Crippen molar-refractivity contribution >= 4 is 22.9 Å². The molecule has 0 bridgehead atoms. The second kappa shape index (κ2) is 5.34. The Morgan fingerprint density at radius 3 is 2.83 bits per heavy atom. The number of hydrogen-bond donors (Lipinski definition) is 2. The van der Waals surface area contributed by atoms with E-state index in [1.165, 1.54) is 12.1 Å². The van der Waals surface area contributed by atoms with Crippen LogP contribution in [-0.4, -0.2) is 36.1 Å². The predicted molar refractivity (Wildman–Crippen MR) is 72.5 cm³/mol. The fourth-order valence-corrected chi connectivity index (χ4v) is 1.97. The van der Waals surface area contributed by atoms with Gasteiger partial charge in [0.25, 0.3) is 5.91 Å². The average Bonchev–Trinajstić information content (AvgIpc) is 3.12. The van der Waals surface area contributed by atoms with Crippen LogP contribution >= 0.6 is 0 Å². The zero-order valence-electron chi connectivity index (χ0n) is 11.7. The topological polar surface area (TPSA) is 101 Å². The zero-order valence-corrected chi connectivity index (χ0v) is 11.7. The molecular formula is C12H10F3N7O. The minimum absolute atomic E-state index is 0.207. The molecule has 0 spiro atoms. The summed E-state index contributed by atoms with van der Waals surface area (Å²) in [5.41, 5.74) is 1.46. The number of alkyl halides is 3. The summed E-state index contributed by atoms with van der Waals surface area (Å²) in [6.07, 6.45) is -4.66. The van der Waals surface area contributed by atoms with Gasteiger partial charge in [-0.25, -0.2) is 4.68 Å². The van der Waals surface area contributed by atoms with Crippen molar-refractivity contribution in [2.45, 2.75) is 19.6 Å². The number of rotatable bonds is 3. The number of nitrogens with zero attached hydrogens (tertiary/aromatic N) is 5. The van der Waals surface area contributed by atoms with Gasteiger partial charge in [-0.15, -0.1) is 10.2 Å². The van der Waals surface area contributed by atoms with E-state index in [2.05, 4.69) is 25.7 Å². The van der Waals surface area contributed by atoms with Gasteiger partial charge in [0.1, 0.15) is 5.52 Å². The van der Waals surface area contributed by atoms with Gasteiger partial charge in [0.15, 0.2) is 0 Å². The van der Waals surface area contributed by atoms with Gasteiger partial charge in [-0.05, 0) is 25.1 Å². The number of aromatic amines is 1. The third kappa shape index (κ3) is 2.84. The van der Waals surface area contributed by atoms with Crippen molar-refractivity contribution in [3.63, 3.8) is 0 Å². The van der Waals surface area contributed by atoms with Crippen LogP contribution < -0.4 is 5.32 Å². The lowest BCUT2D eigenvalue weighted by Crippen LogP contribution is -2.13. The molecule has 0 aliphatic heterocycles. The van der Waals surface area contributed by atoms with Crippen LogP contribution in [0.2, 0.25) is 0 Å². The van der Waals surface area contributed by atoms with Crippen molar-refractivity contribution in [2.75, 3.05) is 5.32 Å². The first-order chi connectivity index (χ1) is 10.9. The molecule has 0 unspecified atom stereocenters. The lowest BCUT2D eigenvalue weighted by Gasteiger charge is -2.02. The van der Waals surface area contributed by atoms with Gasteiger partial charge in [0.2, 0.25) is 11.8 Å². The van der Waals surface area contributed by atoms with Gasteiger partial charge >= 0.3 is 6.18 Å². The quantitative estimate of drug-likeness (QED) is 0.765. The van der Waals surface area contributed by atoms with Crippen LogP contribution in [0.5, 0.6) is 0 Å². The molecule has 11 heteroatoms. The molecule has 8 nitrogen and oxygen atoms in total. The smallest absolute Gasteiger partial charge is 0.289 e. The summed E-state index contributed by atoms with van der Waals surface area (Å²) in [7, 11) is 0. The van der Waals surface area contributed by atoms with Crippen molar-refractivity contribution in [1.82, 2.24) is 30.2 Å². The van der Waals surface area contributed by atoms with E-state index in [1.807, 2.05) is 6.92 Å². The van der Waals surface area contributed by atoms with Crippen molar-refractivity contribution in [3.8, 4) is 0 Å². The molecule has 2 aromatic heterocycles. The SMILES string of the molecule is CCn1nnc2cc(C(=O)Nc3n[nH]c(C(F)(F)F)n3)ccc21. The van der Waals surface area contributed by atoms with Crippen molar-refractivity contribution < 1.29 is 18.0 Å². The molecule has 0 fully saturated rings. The number of anilines is 1. The van der Waals surface area contributed by atoms with E-state index in [-0.39, 0.29) is 5.56 Å². The number of aromatic nitrogens is 6. The van der Waals surface area contributed by atoms with E-state index >= 15 is 0 Å². The highest BCUT2D eigenvalue weighted by Crippen LogP contribution is 2.26. The van der Waals surface area contributed by atoms with Gasteiger partial charge in [0, 0.05) is 12.1 Å². The number of carbonyl (C=O) groups is 1. The molecule has 0 aliphatic rings. The molecule has 120 valence electrons. The summed E-state index contributed by atoms with van der Waals surface area (Å²) < 4.78 is 38.9. The molecule has 0 aliphatic carbocycles. The number of aryl methyl sites for hydroxylation is 1. The number of halogens is 3. The fraction of sp³-hybridized carbons (Fsp3) is 0.250. The number of fused-ring (bicyclic) bond motifs is 1. The van der Waals surface area contributed by atoms with Crippen LogP contribution in [0.3, 0.4) is 0 Å². The highest BCUT2D eigenvalue weighted by molar-refractivity contribution is 6.05. The highest BCUT2D eigenvalue weighted by Gasteiger charge is 2.35. The van der Waals surface area contributed by atoms with Gasteiger partial charge in [-0.3, -0.25) is 15.2 Å². The first-order valence-electron chi connectivity index (χ1n) is 6.52. The molecular weight excluding hydrogens is 315 g/mol. The Labute approximate surface area is 126 Å². The zero-order chi connectivity index (χ0) is 16.6. The van der Waals surface area contributed by atoms with E-state index in [4.69, 9.17) is 0 Å². The Hall–Kier alpha value is -2.98. The van der Waals surface area contributed by atoms with Crippen LogP contribution in [0.4, 0.5) is 19.1 Å². The minimum Gasteiger partial charge on any atom is -0.289 e. The normalized spacial score (nSPS) is 11.8. The molecule has 3 rings (SSSR count). The lowest BCUT2D eigenvalue weighted by atomic mass is 10.2. The van der Waals surface area contributed by atoms with E-state index < -0.39 is 23.9 Å². The molecule has 0 atom stereocenters. The third-order valence-corrected chi connectivity index (χ3v) is 3.05. The maximum absolute atomic E-state index is 12.4. The van der Waals surface area contributed by atoms with Crippen LogP contribution in [0.25, 0.3) is 11.0 Å². The van der Waals surface area contributed by atoms with Gasteiger partial charge in [0.05, 0.1) is 5.52 Å². The van der Waals surface area contributed by atoms with Crippen molar-refractivity contribution in [3.05, 3.63) is 29.6 Å².